The summed E-state index contributed by atoms with van der Waals surface area (Å²) < 4.78 is 0.838. The predicted octanol–water partition coefficient (Wildman–Crippen LogP) is 4.45. The molecule has 4 saturated carbocycles. The maximum absolute atomic E-state index is 13.4. The number of amides is 3. The smallest absolute Gasteiger partial charge is 0.273 e. The molecule has 5 aliphatic rings. The predicted molar refractivity (Wildman–Crippen MR) is 111 cm³/mol. The Morgan fingerprint density at radius 3 is 2.14 bits per heavy atom. The van der Waals surface area contributed by atoms with E-state index in [9.17, 15) is 14.4 Å². The minimum absolute atomic E-state index is 0.147. The first-order valence-electron chi connectivity index (χ1n) is 10.4. The van der Waals surface area contributed by atoms with Crippen molar-refractivity contribution in [3.05, 3.63) is 45.9 Å². The number of nitrogens with zero attached hydrogens (tertiary/aromatic N) is 1. The monoisotopic (exact) mass is 452 g/mol. The fourth-order valence-corrected chi connectivity index (χ4v) is 7.23. The molecule has 148 valence electrons. The van der Waals surface area contributed by atoms with Crippen molar-refractivity contribution in [2.45, 2.75) is 38.5 Å². The van der Waals surface area contributed by atoms with Gasteiger partial charge >= 0.3 is 0 Å². The van der Waals surface area contributed by atoms with E-state index in [1.807, 2.05) is 12.1 Å². The fourth-order valence-electron chi connectivity index (χ4n) is 6.77. The molecular weight excluding hydrogens is 432 g/mol. The normalized spacial score (nSPS) is 32.2. The number of hydrogen-bond acceptors (Lipinski definition) is 3. The van der Waals surface area contributed by atoms with Crippen molar-refractivity contribution in [2.75, 3.05) is 0 Å². The topological polar surface area (TPSA) is 66.5 Å². The Balaban J connectivity index is 1.36. The summed E-state index contributed by atoms with van der Waals surface area (Å²) in [5.74, 6) is 0.796. The van der Waals surface area contributed by atoms with E-state index in [1.54, 1.807) is 18.2 Å². The van der Waals surface area contributed by atoms with Crippen LogP contribution in [-0.2, 0) is 4.79 Å². The summed E-state index contributed by atoms with van der Waals surface area (Å²) in [5, 5.41) is 2.43. The summed E-state index contributed by atoms with van der Waals surface area (Å²) in [6, 6.07) is 8.94. The van der Waals surface area contributed by atoms with Crippen LogP contribution in [0.25, 0.3) is 10.8 Å². The molecule has 0 radical (unpaired) electrons. The largest absolute Gasteiger partial charge is 0.280 e. The maximum atomic E-state index is 13.4. The highest BCUT2D eigenvalue weighted by Gasteiger charge is 2.55. The zero-order valence-electron chi connectivity index (χ0n) is 15.9. The summed E-state index contributed by atoms with van der Waals surface area (Å²) >= 11 is 3.50. The number of carbonyl (C=O) groups is 3. The number of carbonyl (C=O) groups excluding carboxylic acids is 3. The SMILES string of the molecule is O=C1c2cccc3c(Br)ccc(c23)C(=O)N1NC(=O)C12CC3CC(CC(C3)C1)C2. The van der Waals surface area contributed by atoms with Crippen molar-refractivity contribution in [2.24, 2.45) is 23.2 Å². The average Bonchev–Trinajstić information content (AvgIpc) is 2.69. The Bertz CT molecular complexity index is 1050. The lowest BCUT2D eigenvalue weighted by molar-refractivity contribution is -0.149. The summed E-state index contributed by atoms with van der Waals surface area (Å²) in [4.78, 5) is 39.7. The van der Waals surface area contributed by atoms with Gasteiger partial charge in [-0.3, -0.25) is 19.8 Å². The number of imide groups is 1. The first kappa shape index (κ1) is 17.6. The van der Waals surface area contributed by atoms with Crippen LogP contribution < -0.4 is 5.43 Å². The Labute approximate surface area is 176 Å². The van der Waals surface area contributed by atoms with Crippen LogP contribution in [0.4, 0.5) is 0 Å². The highest BCUT2D eigenvalue weighted by atomic mass is 79.9. The molecule has 2 aromatic rings. The van der Waals surface area contributed by atoms with Crippen molar-refractivity contribution >= 4 is 44.4 Å². The molecule has 0 saturated heterocycles. The molecule has 4 aliphatic carbocycles. The van der Waals surface area contributed by atoms with E-state index in [0.29, 0.717) is 34.3 Å². The summed E-state index contributed by atoms with van der Waals surface area (Å²) in [6.45, 7) is 0. The van der Waals surface area contributed by atoms with E-state index < -0.39 is 17.2 Å². The van der Waals surface area contributed by atoms with Gasteiger partial charge in [0.05, 0.1) is 16.5 Å². The van der Waals surface area contributed by atoms with Gasteiger partial charge in [-0.2, -0.15) is 5.01 Å². The lowest BCUT2D eigenvalue weighted by atomic mass is 9.49. The van der Waals surface area contributed by atoms with Crippen molar-refractivity contribution in [1.29, 1.82) is 0 Å². The second-order valence-corrected chi connectivity index (χ2v) is 10.3. The molecule has 0 aromatic heterocycles. The molecule has 0 spiro atoms. The average molecular weight is 453 g/mol. The molecule has 7 rings (SSSR count). The number of benzene rings is 2. The molecular formula is C23H21BrN2O3. The van der Waals surface area contributed by atoms with Crippen LogP contribution in [0.1, 0.15) is 59.2 Å². The van der Waals surface area contributed by atoms with E-state index in [2.05, 4.69) is 21.4 Å². The molecule has 2 aromatic carbocycles. The zero-order valence-corrected chi connectivity index (χ0v) is 17.5. The third kappa shape index (κ3) is 2.41. The molecule has 5 nitrogen and oxygen atoms in total. The van der Waals surface area contributed by atoms with Crippen molar-refractivity contribution in [3.63, 3.8) is 0 Å². The second-order valence-electron chi connectivity index (χ2n) is 9.41. The molecule has 0 atom stereocenters. The number of nitrogens with one attached hydrogen (secondary N) is 1. The molecule has 0 unspecified atom stereocenters. The lowest BCUT2D eigenvalue weighted by Gasteiger charge is -2.55. The minimum Gasteiger partial charge on any atom is -0.273 e. The van der Waals surface area contributed by atoms with Crippen LogP contribution in [-0.4, -0.2) is 22.7 Å². The molecule has 4 fully saturated rings. The van der Waals surface area contributed by atoms with Gasteiger partial charge in [0.15, 0.2) is 0 Å². The second kappa shape index (κ2) is 5.91. The minimum atomic E-state index is -0.454. The number of rotatable bonds is 2. The number of hydrogen-bond donors (Lipinski definition) is 1. The highest BCUT2D eigenvalue weighted by Crippen LogP contribution is 2.60. The van der Waals surface area contributed by atoms with Crippen LogP contribution in [0.2, 0.25) is 0 Å². The van der Waals surface area contributed by atoms with Gasteiger partial charge in [-0.25, -0.2) is 0 Å². The van der Waals surface area contributed by atoms with Crippen molar-refractivity contribution in [3.8, 4) is 0 Å². The maximum Gasteiger partial charge on any atom is 0.280 e. The summed E-state index contributed by atoms with van der Waals surface area (Å²) in [7, 11) is 0. The Morgan fingerprint density at radius 1 is 0.931 bits per heavy atom. The molecule has 29 heavy (non-hydrogen) atoms. The molecule has 3 amide bonds. The van der Waals surface area contributed by atoms with Crippen LogP contribution in [0.5, 0.6) is 0 Å². The van der Waals surface area contributed by atoms with Crippen LogP contribution in [0.3, 0.4) is 0 Å². The van der Waals surface area contributed by atoms with E-state index in [1.165, 1.54) is 19.3 Å². The lowest BCUT2D eigenvalue weighted by Crippen LogP contribution is -2.59. The first-order chi connectivity index (χ1) is 13.9. The third-order valence-corrected chi connectivity index (χ3v) is 8.28. The van der Waals surface area contributed by atoms with Crippen molar-refractivity contribution < 1.29 is 14.4 Å². The Hall–Kier alpha value is -2.21. The molecule has 1 aliphatic heterocycles. The van der Waals surface area contributed by atoms with Crippen LogP contribution in [0.15, 0.2) is 34.8 Å². The van der Waals surface area contributed by atoms with E-state index in [4.69, 9.17) is 0 Å². The van der Waals surface area contributed by atoms with E-state index >= 15 is 0 Å². The molecule has 1 heterocycles. The van der Waals surface area contributed by atoms with Gasteiger partial charge in [-0.05, 0) is 79.9 Å². The van der Waals surface area contributed by atoms with Gasteiger partial charge in [-0.1, -0.05) is 28.1 Å². The summed E-state index contributed by atoms with van der Waals surface area (Å²) in [5.41, 5.74) is 3.24. The Kier molecular flexibility index (Phi) is 3.59. The van der Waals surface area contributed by atoms with Crippen molar-refractivity contribution in [1.82, 2.24) is 10.4 Å². The first-order valence-corrected chi connectivity index (χ1v) is 11.2. The third-order valence-electron chi connectivity index (χ3n) is 7.59. The van der Waals surface area contributed by atoms with E-state index in [0.717, 1.165) is 34.1 Å². The van der Waals surface area contributed by atoms with Gasteiger partial charge in [0.1, 0.15) is 0 Å². The molecule has 6 heteroatoms. The van der Waals surface area contributed by atoms with Gasteiger partial charge in [0.25, 0.3) is 11.8 Å². The zero-order chi connectivity index (χ0) is 19.9. The quantitative estimate of drug-likeness (QED) is 0.684. The van der Waals surface area contributed by atoms with Crippen LogP contribution >= 0.6 is 15.9 Å². The van der Waals surface area contributed by atoms with E-state index in [-0.39, 0.29) is 5.91 Å². The van der Waals surface area contributed by atoms with Gasteiger partial charge in [0.2, 0.25) is 5.91 Å². The van der Waals surface area contributed by atoms with Gasteiger partial charge in [-0.15, -0.1) is 0 Å². The number of halogens is 1. The van der Waals surface area contributed by atoms with Crippen LogP contribution in [0, 0.1) is 23.2 Å². The number of hydrazine groups is 1. The van der Waals surface area contributed by atoms with Gasteiger partial charge in [0, 0.05) is 9.86 Å². The Morgan fingerprint density at radius 2 is 1.52 bits per heavy atom. The highest BCUT2D eigenvalue weighted by molar-refractivity contribution is 9.10. The molecule has 4 bridgehead atoms. The standard InChI is InChI=1S/C23H21BrN2O3/c24-18-5-4-17-19-15(18)2-1-3-16(19)20(27)26(21(17)28)25-22(29)23-9-12-6-13(10-23)8-14(7-12)11-23/h1-5,12-14H,6-11H2,(H,25,29). The fraction of sp³-hybridized carbons (Fsp3) is 0.435. The molecule has 1 N–H and O–H groups in total. The summed E-state index contributed by atoms with van der Waals surface area (Å²) in [6.07, 6.45) is 6.37. The van der Waals surface area contributed by atoms with Gasteiger partial charge < -0.3 is 0 Å².